The van der Waals surface area contributed by atoms with Crippen LogP contribution in [0.2, 0.25) is 0 Å². The van der Waals surface area contributed by atoms with E-state index in [0.717, 1.165) is 12.8 Å². The van der Waals surface area contributed by atoms with Crippen LogP contribution in [0, 0.1) is 11.8 Å². The number of ether oxygens (including phenoxy) is 1. The molecule has 2 atom stereocenters. The molecule has 0 aliphatic carbocycles. The average Bonchev–Trinajstić information content (AvgIpc) is 2.26. The first kappa shape index (κ1) is 14.9. The summed E-state index contributed by atoms with van der Waals surface area (Å²) >= 11 is 0. The number of carboxylic acid groups (broad SMARTS) is 1. The Morgan fingerprint density at radius 2 is 1.62 bits per heavy atom. The van der Waals surface area contributed by atoms with Crippen molar-refractivity contribution < 1.29 is 19.4 Å². The third kappa shape index (κ3) is 3.83. The number of rotatable bonds is 6. The lowest BCUT2D eigenvalue weighted by molar-refractivity contribution is -0.168. The van der Waals surface area contributed by atoms with Crippen molar-refractivity contribution >= 4 is 11.9 Å². The van der Waals surface area contributed by atoms with E-state index in [9.17, 15) is 9.59 Å². The lowest BCUT2D eigenvalue weighted by Crippen LogP contribution is -2.35. The maximum atomic E-state index is 11.7. The van der Waals surface area contributed by atoms with Crippen LogP contribution in [0.4, 0.5) is 0 Å². The molecule has 0 aromatic heterocycles. The van der Waals surface area contributed by atoms with Crippen LogP contribution in [0.25, 0.3) is 0 Å². The predicted molar refractivity (Wildman–Crippen MR) is 61.0 cm³/mol. The molecule has 0 radical (unpaired) electrons. The summed E-state index contributed by atoms with van der Waals surface area (Å²) in [5.74, 6) is -2.74. The molecule has 2 unspecified atom stereocenters. The molecule has 0 aromatic carbocycles. The van der Waals surface area contributed by atoms with E-state index in [1.54, 1.807) is 6.92 Å². The summed E-state index contributed by atoms with van der Waals surface area (Å²) in [7, 11) is 0. The summed E-state index contributed by atoms with van der Waals surface area (Å²) in [5.41, 5.74) is -0.483. The van der Waals surface area contributed by atoms with Gasteiger partial charge in [0.15, 0.2) is 0 Å². The second kappa shape index (κ2) is 5.87. The maximum absolute atomic E-state index is 11.7. The second-order valence-electron chi connectivity index (χ2n) is 4.49. The number of carboxylic acids is 1. The normalized spacial score (nSPS) is 15.3. The number of esters is 1. The van der Waals surface area contributed by atoms with Crippen LogP contribution >= 0.6 is 0 Å². The predicted octanol–water partition coefficient (Wildman–Crippen LogP) is 2.47. The van der Waals surface area contributed by atoms with Gasteiger partial charge in [-0.25, -0.2) is 0 Å². The number of carbonyl (C=O) groups excluding carboxylic acids is 1. The Morgan fingerprint density at radius 1 is 1.19 bits per heavy atom. The van der Waals surface area contributed by atoms with Crippen LogP contribution < -0.4 is 0 Å². The van der Waals surface area contributed by atoms with E-state index >= 15 is 0 Å². The lowest BCUT2D eigenvalue weighted by atomic mass is 9.95. The highest BCUT2D eigenvalue weighted by atomic mass is 16.6. The molecule has 0 heterocycles. The molecular weight excluding hydrogens is 208 g/mol. The van der Waals surface area contributed by atoms with Crippen LogP contribution in [0.3, 0.4) is 0 Å². The average molecular weight is 230 g/mol. The molecule has 0 bridgehead atoms. The van der Waals surface area contributed by atoms with Gasteiger partial charge in [0.1, 0.15) is 5.60 Å². The maximum Gasteiger partial charge on any atom is 0.310 e. The van der Waals surface area contributed by atoms with Crippen molar-refractivity contribution in [1.29, 1.82) is 0 Å². The molecule has 16 heavy (non-hydrogen) atoms. The molecule has 4 heteroatoms. The standard InChI is InChI=1S/C12H22O4/c1-6-12(5,7-2)16-11(15)9(4)8(3)10(13)14/h8-9H,6-7H2,1-5H3,(H,13,14). The lowest BCUT2D eigenvalue weighted by Gasteiger charge is -2.29. The molecule has 0 aliphatic rings. The highest BCUT2D eigenvalue weighted by molar-refractivity contribution is 5.80. The Kier molecular flexibility index (Phi) is 5.48. The SMILES string of the molecule is CCC(C)(CC)OC(=O)C(C)C(C)C(=O)O. The number of hydrogen-bond donors (Lipinski definition) is 1. The van der Waals surface area contributed by atoms with Gasteiger partial charge >= 0.3 is 11.9 Å². The van der Waals surface area contributed by atoms with Crippen LogP contribution in [0.15, 0.2) is 0 Å². The summed E-state index contributed by atoms with van der Waals surface area (Å²) < 4.78 is 5.37. The van der Waals surface area contributed by atoms with Gasteiger partial charge in [-0.2, -0.15) is 0 Å². The Labute approximate surface area is 97.0 Å². The monoisotopic (exact) mass is 230 g/mol. The minimum absolute atomic E-state index is 0.430. The fourth-order valence-corrected chi connectivity index (χ4v) is 1.15. The van der Waals surface area contributed by atoms with Gasteiger partial charge in [-0.1, -0.05) is 27.7 Å². The molecule has 0 saturated carbocycles. The summed E-state index contributed by atoms with van der Waals surface area (Å²) in [6.07, 6.45) is 1.45. The zero-order chi connectivity index (χ0) is 12.9. The highest BCUT2D eigenvalue weighted by Crippen LogP contribution is 2.23. The van der Waals surface area contributed by atoms with Crippen molar-refractivity contribution in [3.05, 3.63) is 0 Å². The zero-order valence-electron chi connectivity index (χ0n) is 10.7. The Hall–Kier alpha value is -1.06. The quantitative estimate of drug-likeness (QED) is 0.712. The smallest absolute Gasteiger partial charge is 0.310 e. The van der Waals surface area contributed by atoms with Gasteiger partial charge in [0.2, 0.25) is 0 Å². The van der Waals surface area contributed by atoms with Gasteiger partial charge in [0.05, 0.1) is 11.8 Å². The van der Waals surface area contributed by atoms with Gasteiger partial charge < -0.3 is 9.84 Å². The second-order valence-corrected chi connectivity index (χ2v) is 4.49. The van der Waals surface area contributed by atoms with E-state index < -0.39 is 29.4 Å². The Balaban J connectivity index is 4.52. The number of hydrogen-bond acceptors (Lipinski definition) is 3. The van der Waals surface area contributed by atoms with E-state index in [1.165, 1.54) is 6.92 Å². The molecule has 0 fully saturated rings. The van der Waals surface area contributed by atoms with Gasteiger partial charge in [-0.05, 0) is 19.8 Å². The first-order chi connectivity index (χ1) is 7.27. The molecule has 4 nitrogen and oxygen atoms in total. The van der Waals surface area contributed by atoms with Crippen LogP contribution in [-0.4, -0.2) is 22.6 Å². The fourth-order valence-electron chi connectivity index (χ4n) is 1.15. The molecule has 1 N–H and O–H groups in total. The van der Waals surface area contributed by atoms with E-state index in [0.29, 0.717) is 0 Å². The molecule has 0 amide bonds. The van der Waals surface area contributed by atoms with Crippen molar-refractivity contribution in [2.75, 3.05) is 0 Å². The van der Waals surface area contributed by atoms with Gasteiger partial charge in [-0.15, -0.1) is 0 Å². The Morgan fingerprint density at radius 3 is 1.94 bits per heavy atom. The first-order valence-corrected chi connectivity index (χ1v) is 5.73. The first-order valence-electron chi connectivity index (χ1n) is 5.73. The molecule has 94 valence electrons. The van der Waals surface area contributed by atoms with E-state index in [-0.39, 0.29) is 0 Å². The third-order valence-electron chi connectivity index (χ3n) is 3.35. The highest BCUT2D eigenvalue weighted by Gasteiger charge is 2.32. The summed E-state index contributed by atoms with van der Waals surface area (Å²) in [5, 5.41) is 8.81. The van der Waals surface area contributed by atoms with Crippen LogP contribution in [-0.2, 0) is 14.3 Å². The summed E-state index contributed by atoms with van der Waals surface area (Å²) in [4.78, 5) is 22.5. The minimum Gasteiger partial charge on any atom is -0.481 e. The summed E-state index contributed by atoms with van der Waals surface area (Å²) in [6.45, 7) is 8.86. The largest absolute Gasteiger partial charge is 0.481 e. The van der Waals surface area contributed by atoms with E-state index in [2.05, 4.69) is 0 Å². The molecule has 0 saturated heterocycles. The zero-order valence-corrected chi connectivity index (χ0v) is 10.7. The number of carbonyl (C=O) groups is 2. The Bertz CT molecular complexity index is 256. The van der Waals surface area contributed by atoms with Gasteiger partial charge in [0.25, 0.3) is 0 Å². The van der Waals surface area contributed by atoms with Crippen molar-refractivity contribution in [3.63, 3.8) is 0 Å². The molecule has 0 aromatic rings. The van der Waals surface area contributed by atoms with Crippen molar-refractivity contribution in [2.45, 2.75) is 53.1 Å². The molecule has 0 rings (SSSR count). The van der Waals surface area contributed by atoms with Crippen LogP contribution in [0.1, 0.15) is 47.5 Å². The number of aliphatic carboxylic acids is 1. The fraction of sp³-hybridized carbons (Fsp3) is 0.833. The molecule has 0 aliphatic heterocycles. The topological polar surface area (TPSA) is 63.6 Å². The minimum atomic E-state index is -0.973. The van der Waals surface area contributed by atoms with Crippen molar-refractivity contribution in [1.82, 2.24) is 0 Å². The van der Waals surface area contributed by atoms with Gasteiger partial charge in [0, 0.05) is 0 Å². The molecular formula is C12H22O4. The van der Waals surface area contributed by atoms with Crippen LogP contribution in [0.5, 0.6) is 0 Å². The summed E-state index contributed by atoms with van der Waals surface area (Å²) in [6, 6.07) is 0. The molecule has 0 spiro atoms. The third-order valence-corrected chi connectivity index (χ3v) is 3.35. The van der Waals surface area contributed by atoms with Gasteiger partial charge in [-0.3, -0.25) is 9.59 Å². The van der Waals surface area contributed by atoms with Crippen molar-refractivity contribution in [2.24, 2.45) is 11.8 Å². The van der Waals surface area contributed by atoms with E-state index in [1.807, 2.05) is 20.8 Å². The van der Waals surface area contributed by atoms with E-state index in [4.69, 9.17) is 9.84 Å². The van der Waals surface area contributed by atoms with Crippen molar-refractivity contribution in [3.8, 4) is 0 Å².